The Kier molecular flexibility index (Phi) is 7.22. The Morgan fingerprint density at radius 1 is 1.08 bits per heavy atom. The van der Waals surface area contributed by atoms with E-state index in [1.54, 1.807) is 0 Å². The van der Waals surface area contributed by atoms with Crippen molar-refractivity contribution in [3.63, 3.8) is 0 Å². The molecule has 0 aliphatic carbocycles. The molecule has 0 saturated carbocycles. The van der Waals surface area contributed by atoms with Crippen molar-refractivity contribution in [3.05, 3.63) is 65.2 Å². The number of aryl methyl sites for hydroxylation is 2. The molecule has 0 aromatic heterocycles. The highest BCUT2D eigenvalue weighted by molar-refractivity contribution is 7.80. The lowest BCUT2D eigenvalue weighted by molar-refractivity contribution is 0.0646. The van der Waals surface area contributed by atoms with Crippen molar-refractivity contribution in [1.29, 1.82) is 0 Å². The molecule has 1 atom stereocenters. The first-order chi connectivity index (χ1) is 11.5. The van der Waals surface area contributed by atoms with Crippen molar-refractivity contribution < 1.29 is 4.74 Å². The van der Waals surface area contributed by atoms with Crippen LogP contribution in [0.15, 0.2) is 48.5 Å². The molecule has 0 saturated heterocycles. The molecule has 0 spiro atoms. The van der Waals surface area contributed by atoms with Crippen molar-refractivity contribution in [2.75, 3.05) is 18.5 Å². The van der Waals surface area contributed by atoms with E-state index in [0.29, 0.717) is 11.7 Å². The van der Waals surface area contributed by atoms with Gasteiger partial charge in [-0.15, -0.1) is 0 Å². The Morgan fingerprint density at radius 2 is 1.75 bits per heavy atom. The first kappa shape index (κ1) is 18.4. The van der Waals surface area contributed by atoms with Gasteiger partial charge in [-0.1, -0.05) is 36.4 Å². The number of rotatable bonds is 7. The summed E-state index contributed by atoms with van der Waals surface area (Å²) < 4.78 is 5.86. The second kappa shape index (κ2) is 9.40. The highest BCUT2D eigenvalue weighted by Gasteiger charge is 2.04. The summed E-state index contributed by atoms with van der Waals surface area (Å²) in [6.45, 7) is 7.74. The van der Waals surface area contributed by atoms with Crippen LogP contribution in [-0.4, -0.2) is 18.3 Å². The van der Waals surface area contributed by atoms with Gasteiger partial charge in [-0.2, -0.15) is 0 Å². The van der Waals surface area contributed by atoms with E-state index >= 15 is 0 Å². The van der Waals surface area contributed by atoms with Gasteiger partial charge in [0, 0.05) is 18.8 Å². The Labute approximate surface area is 150 Å². The van der Waals surface area contributed by atoms with Crippen molar-refractivity contribution in [3.8, 4) is 0 Å². The van der Waals surface area contributed by atoms with Gasteiger partial charge in [0.25, 0.3) is 0 Å². The van der Waals surface area contributed by atoms with Crippen LogP contribution in [0, 0.1) is 13.8 Å². The van der Waals surface area contributed by atoms with Crippen molar-refractivity contribution in [1.82, 2.24) is 5.32 Å². The Morgan fingerprint density at radius 3 is 2.42 bits per heavy atom. The minimum Gasteiger partial charge on any atom is -0.374 e. The van der Waals surface area contributed by atoms with E-state index in [4.69, 9.17) is 17.0 Å². The van der Waals surface area contributed by atoms with Crippen molar-refractivity contribution in [2.24, 2.45) is 0 Å². The molecule has 2 N–H and O–H groups in total. The molecular formula is C20H26N2OS. The maximum absolute atomic E-state index is 5.86. The molecular weight excluding hydrogens is 316 g/mol. The monoisotopic (exact) mass is 342 g/mol. The van der Waals surface area contributed by atoms with Crippen molar-refractivity contribution in [2.45, 2.75) is 33.3 Å². The summed E-state index contributed by atoms with van der Waals surface area (Å²) in [7, 11) is 0. The minimum atomic E-state index is 0.117. The highest BCUT2D eigenvalue weighted by Crippen LogP contribution is 2.16. The van der Waals surface area contributed by atoms with E-state index in [1.807, 2.05) is 18.2 Å². The van der Waals surface area contributed by atoms with Crippen LogP contribution in [-0.2, 0) is 4.74 Å². The number of thiocarbonyl (C=S) groups is 1. The molecule has 0 amide bonds. The largest absolute Gasteiger partial charge is 0.374 e. The van der Waals surface area contributed by atoms with Crippen LogP contribution in [0.25, 0.3) is 0 Å². The van der Waals surface area contributed by atoms with Gasteiger partial charge < -0.3 is 15.4 Å². The highest BCUT2D eigenvalue weighted by atomic mass is 32.1. The van der Waals surface area contributed by atoms with Crippen molar-refractivity contribution >= 4 is 23.0 Å². The zero-order valence-electron chi connectivity index (χ0n) is 14.6. The number of nitrogens with one attached hydrogen (secondary N) is 2. The first-order valence-electron chi connectivity index (χ1n) is 8.34. The third kappa shape index (κ3) is 6.30. The number of hydrogen-bond acceptors (Lipinski definition) is 2. The second-order valence-electron chi connectivity index (χ2n) is 6.03. The summed E-state index contributed by atoms with van der Waals surface area (Å²) in [5, 5.41) is 7.10. The SMILES string of the molecule is Cc1cc(C)cc(NC(=S)NCCCO[C@H](C)c2ccccc2)c1. The van der Waals surface area contributed by atoms with E-state index in [-0.39, 0.29) is 6.10 Å². The van der Waals surface area contributed by atoms with E-state index in [1.165, 1.54) is 16.7 Å². The Hall–Kier alpha value is -1.91. The topological polar surface area (TPSA) is 33.3 Å². The van der Waals surface area contributed by atoms with Gasteiger partial charge in [0.15, 0.2) is 5.11 Å². The standard InChI is InChI=1S/C20H26N2OS/c1-15-12-16(2)14-19(13-15)22-20(24)21-10-7-11-23-17(3)18-8-5-4-6-9-18/h4-6,8-9,12-14,17H,7,10-11H2,1-3H3,(H2,21,22,24)/t17-/m1/s1. The quantitative estimate of drug-likeness (QED) is 0.561. The number of ether oxygens (including phenoxy) is 1. The molecule has 2 aromatic carbocycles. The van der Waals surface area contributed by atoms with Crippen LogP contribution in [0.1, 0.15) is 36.1 Å². The third-order valence-corrected chi connectivity index (χ3v) is 3.97. The zero-order valence-corrected chi connectivity index (χ0v) is 15.5. The van der Waals surface area contributed by atoms with E-state index in [9.17, 15) is 0 Å². The molecule has 0 heterocycles. The van der Waals surface area contributed by atoms with E-state index in [0.717, 1.165) is 18.7 Å². The van der Waals surface area contributed by atoms with Crippen LogP contribution in [0.2, 0.25) is 0 Å². The Bertz CT molecular complexity index is 638. The number of benzene rings is 2. The smallest absolute Gasteiger partial charge is 0.170 e. The maximum atomic E-state index is 5.86. The molecule has 0 fully saturated rings. The molecule has 2 aromatic rings. The average molecular weight is 343 g/mol. The lowest BCUT2D eigenvalue weighted by Gasteiger charge is -2.14. The summed E-state index contributed by atoms with van der Waals surface area (Å²) in [6, 6.07) is 16.6. The van der Waals surface area contributed by atoms with Gasteiger partial charge in [0.1, 0.15) is 0 Å². The van der Waals surface area contributed by atoms with Crippen LogP contribution < -0.4 is 10.6 Å². The predicted octanol–water partition coefficient (Wildman–Crippen LogP) is 4.76. The molecule has 0 radical (unpaired) electrons. The van der Waals surface area contributed by atoms with Crippen LogP contribution in [0.4, 0.5) is 5.69 Å². The number of hydrogen-bond donors (Lipinski definition) is 2. The molecule has 128 valence electrons. The summed E-state index contributed by atoms with van der Waals surface area (Å²) in [6.07, 6.45) is 1.03. The molecule has 0 bridgehead atoms. The fraction of sp³-hybridized carbons (Fsp3) is 0.350. The maximum Gasteiger partial charge on any atom is 0.170 e. The molecule has 2 rings (SSSR count). The number of anilines is 1. The lowest BCUT2D eigenvalue weighted by atomic mass is 10.1. The molecule has 0 aliphatic rings. The Balaban J connectivity index is 1.64. The minimum absolute atomic E-state index is 0.117. The van der Waals surface area contributed by atoms with Gasteiger partial charge in [-0.3, -0.25) is 0 Å². The van der Waals surface area contributed by atoms with E-state index < -0.39 is 0 Å². The molecule has 4 heteroatoms. The zero-order chi connectivity index (χ0) is 17.4. The summed E-state index contributed by atoms with van der Waals surface area (Å²) >= 11 is 5.34. The molecule has 0 aliphatic heterocycles. The van der Waals surface area contributed by atoms with Gasteiger partial charge in [-0.05, 0) is 68.2 Å². The van der Waals surface area contributed by atoms with Crippen LogP contribution >= 0.6 is 12.2 Å². The molecule has 24 heavy (non-hydrogen) atoms. The van der Waals surface area contributed by atoms with Gasteiger partial charge in [-0.25, -0.2) is 0 Å². The fourth-order valence-corrected chi connectivity index (χ4v) is 2.80. The van der Waals surface area contributed by atoms with Gasteiger partial charge >= 0.3 is 0 Å². The normalized spacial score (nSPS) is 11.8. The van der Waals surface area contributed by atoms with Gasteiger partial charge in [0.05, 0.1) is 6.10 Å². The summed E-state index contributed by atoms with van der Waals surface area (Å²) in [5.74, 6) is 0. The van der Waals surface area contributed by atoms with Crippen LogP contribution in [0.5, 0.6) is 0 Å². The molecule has 0 unspecified atom stereocenters. The predicted molar refractivity (Wildman–Crippen MR) is 106 cm³/mol. The third-order valence-electron chi connectivity index (χ3n) is 3.72. The average Bonchev–Trinajstić information content (AvgIpc) is 2.54. The lowest BCUT2D eigenvalue weighted by Crippen LogP contribution is -2.29. The van der Waals surface area contributed by atoms with Crippen LogP contribution in [0.3, 0.4) is 0 Å². The summed E-state index contributed by atoms with van der Waals surface area (Å²) in [4.78, 5) is 0. The first-order valence-corrected chi connectivity index (χ1v) is 8.75. The fourth-order valence-electron chi connectivity index (χ4n) is 2.58. The molecule has 3 nitrogen and oxygen atoms in total. The van der Waals surface area contributed by atoms with Gasteiger partial charge in [0.2, 0.25) is 0 Å². The second-order valence-corrected chi connectivity index (χ2v) is 6.44. The van der Waals surface area contributed by atoms with E-state index in [2.05, 4.69) is 61.7 Å². The summed E-state index contributed by atoms with van der Waals surface area (Å²) in [5.41, 5.74) is 4.68.